The number of nitrogens with two attached hydrogens (primary N) is 1. The smallest absolute Gasteiger partial charge is 0.124 e. The number of anilines is 1. The number of hydrogen-bond donors (Lipinski definition) is 2. The van der Waals surface area contributed by atoms with Crippen LogP contribution in [0.1, 0.15) is 11.6 Å². The molecule has 2 aromatic rings. The van der Waals surface area contributed by atoms with Crippen molar-refractivity contribution in [3.63, 3.8) is 0 Å². The van der Waals surface area contributed by atoms with Crippen molar-refractivity contribution in [2.24, 2.45) is 5.73 Å². The fraction of sp³-hybridized carbons (Fsp3) is 0.143. The highest BCUT2D eigenvalue weighted by molar-refractivity contribution is 6.33. The minimum atomic E-state index is -0.373. The van der Waals surface area contributed by atoms with Crippen LogP contribution in [0.3, 0.4) is 0 Å². The fourth-order valence-electron chi connectivity index (χ4n) is 1.81. The third-order valence-corrected chi connectivity index (χ3v) is 3.43. The molecule has 0 fully saturated rings. The van der Waals surface area contributed by atoms with Gasteiger partial charge in [-0.1, -0.05) is 41.4 Å². The highest BCUT2D eigenvalue weighted by atomic mass is 35.5. The molecule has 3 N–H and O–H groups in total. The topological polar surface area (TPSA) is 38.0 Å². The van der Waals surface area contributed by atoms with Crippen molar-refractivity contribution in [3.8, 4) is 0 Å². The zero-order chi connectivity index (χ0) is 13.8. The highest BCUT2D eigenvalue weighted by Crippen LogP contribution is 2.29. The third kappa shape index (κ3) is 3.38. The molecule has 2 aromatic carbocycles. The molecular formula is C14H13Cl2FN2. The Bertz CT molecular complexity index is 575. The second kappa shape index (κ2) is 6.24. The van der Waals surface area contributed by atoms with Gasteiger partial charge in [-0.25, -0.2) is 4.39 Å². The highest BCUT2D eigenvalue weighted by Gasteiger charge is 2.14. The van der Waals surface area contributed by atoms with Crippen LogP contribution < -0.4 is 11.1 Å². The van der Waals surface area contributed by atoms with Crippen molar-refractivity contribution < 1.29 is 4.39 Å². The largest absolute Gasteiger partial charge is 0.376 e. The van der Waals surface area contributed by atoms with Crippen molar-refractivity contribution in [2.45, 2.75) is 6.04 Å². The Hall–Kier alpha value is -1.29. The number of halogens is 3. The molecule has 100 valence electrons. The Balaban J connectivity index is 2.28. The van der Waals surface area contributed by atoms with Crippen LogP contribution in [-0.4, -0.2) is 6.54 Å². The molecule has 0 aliphatic carbocycles. The number of nitrogens with one attached hydrogen (secondary N) is 1. The van der Waals surface area contributed by atoms with E-state index in [0.29, 0.717) is 16.6 Å². The first-order valence-corrected chi connectivity index (χ1v) is 6.53. The fourth-order valence-corrected chi connectivity index (χ4v) is 2.30. The molecule has 0 spiro atoms. The summed E-state index contributed by atoms with van der Waals surface area (Å²) in [6.45, 7) is 0.316. The maximum absolute atomic E-state index is 13.0. The van der Waals surface area contributed by atoms with E-state index in [-0.39, 0.29) is 11.9 Å². The molecule has 0 aliphatic rings. The van der Waals surface area contributed by atoms with E-state index >= 15 is 0 Å². The van der Waals surface area contributed by atoms with E-state index < -0.39 is 0 Å². The summed E-state index contributed by atoms with van der Waals surface area (Å²) < 4.78 is 13.0. The first-order chi connectivity index (χ1) is 9.11. The lowest BCUT2D eigenvalue weighted by atomic mass is 10.1. The third-order valence-electron chi connectivity index (χ3n) is 2.78. The van der Waals surface area contributed by atoms with Gasteiger partial charge in [-0.15, -0.1) is 0 Å². The van der Waals surface area contributed by atoms with Gasteiger partial charge in [0.15, 0.2) is 0 Å². The van der Waals surface area contributed by atoms with Crippen LogP contribution in [0.2, 0.25) is 10.0 Å². The molecule has 0 radical (unpaired) electrons. The molecule has 2 rings (SSSR count). The van der Waals surface area contributed by atoms with E-state index in [1.54, 1.807) is 12.1 Å². The van der Waals surface area contributed by atoms with E-state index in [0.717, 1.165) is 11.3 Å². The molecule has 19 heavy (non-hydrogen) atoms. The van der Waals surface area contributed by atoms with E-state index in [2.05, 4.69) is 5.32 Å². The van der Waals surface area contributed by atoms with Crippen molar-refractivity contribution >= 4 is 28.9 Å². The predicted octanol–water partition coefficient (Wildman–Crippen LogP) is 4.24. The molecule has 0 saturated carbocycles. The summed E-state index contributed by atoms with van der Waals surface area (Å²) in [5.41, 5.74) is 7.26. The second-order valence-electron chi connectivity index (χ2n) is 4.08. The van der Waals surface area contributed by atoms with E-state index in [1.807, 2.05) is 18.2 Å². The van der Waals surface area contributed by atoms with Gasteiger partial charge in [0, 0.05) is 11.6 Å². The quantitative estimate of drug-likeness (QED) is 0.886. The Morgan fingerprint density at radius 1 is 1.11 bits per heavy atom. The minimum absolute atomic E-state index is 0.229. The van der Waals surface area contributed by atoms with Crippen LogP contribution in [0.4, 0.5) is 10.1 Å². The van der Waals surface area contributed by atoms with Gasteiger partial charge < -0.3 is 11.1 Å². The molecular weight excluding hydrogens is 286 g/mol. The average molecular weight is 299 g/mol. The Morgan fingerprint density at radius 2 is 1.84 bits per heavy atom. The van der Waals surface area contributed by atoms with E-state index in [9.17, 15) is 4.39 Å². The molecule has 0 aliphatic heterocycles. The van der Waals surface area contributed by atoms with Gasteiger partial charge in [-0.2, -0.15) is 0 Å². The number of rotatable bonds is 4. The first kappa shape index (κ1) is 14.1. The van der Waals surface area contributed by atoms with Crippen LogP contribution in [0.25, 0.3) is 0 Å². The summed E-state index contributed by atoms with van der Waals surface area (Å²) in [6, 6.07) is 11.4. The number of benzene rings is 2. The van der Waals surface area contributed by atoms with Gasteiger partial charge in [-0.3, -0.25) is 0 Å². The zero-order valence-corrected chi connectivity index (χ0v) is 11.5. The second-order valence-corrected chi connectivity index (χ2v) is 4.89. The van der Waals surface area contributed by atoms with Gasteiger partial charge >= 0.3 is 0 Å². The Kier molecular flexibility index (Phi) is 4.64. The summed E-state index contributed by atoms with van der Waals surface area (Å²) >= 11 is 12.1. The maximum atomic E-state index is 13.0. The van der Waals surface area contributed by atoms with E-state index in [1.165, 1.54) is 12.1 Å². The molecule has 0 aromatic heterocycles. The van der Waals surface area contributed by atoms with Crippen molar-refractivity contribution in [1.29, 1.82) is 0 Å². The summed E-state index contributed by atoms with van der Waals surface area (Å²) in [5, 5.41) is 4.15. The van der Waals surface area contributed by atoms with Crippen LogP contribution in [0.5, 0.6) is 0 Å². The molecule has 0 saturated heterocycles. The molecule has 5 heteroatoms. The van der Waals surface area contributed by atoms with Crippen molar-refractivity contribution in [1.82, 2.24) is 0 Å². The van der Waals surface area contributed by atoms with Crippen LogP contribution in [-0.2, 0) is 0 Å². The predicted molar refractivity (Wildman–Crippen MR) is 78.3 cm³/mol. The molecule has 2 nitrogen and oxygen atoms in total. The van der Waals surface area contributed by atoms with Crippen molar-refractivity contribution in [2.75, 3.05) is 11.9 Å². The van der Waals surface area contributed by atoms with Crippen LogP contribution in [0.15, 0.2) is 42.5 Å². The maximum Gasteiger partial charge on any atom is 0.124 e. The molecule has 1 atom stereocenters. The summed E-state index contributed by atoms with van der Waals surface area (Å²) in [4.78, 5) is 0. The monoisotopic (exact) mass is 298 g/mol. The Labute approximate surface area is 121 Å². The first-order valence-electron chi connectivity index (χ1n) is 5.78. The van der Waals surface area contributed by atoms with Gasteiger partial charge in [0.2, 0.25) is 0 Å². The summed E-state index contributed by atoms with van der Waals surface area (Å²) in [5.74, 6) is -0.373. The molecule has 1 unspecified atom stereocenters. The summed E-state index contributed by atoms with van der Waals surface area (Å²) in [6.07, 6.45) is 0. The van der Waals surface area contributed by atoms with Gasteiger partial charge in [0.25, 0.3) is 0 Å². The average Bonchev–Trinajstić information content (AvgIpc) is 2.39. The van der Waals surface area contributed by atoms with Crippen molar-refractivity contribution in [3.05, 3.63) is 63.9 Å². The standard InChI is InChI=1S/C14H13Cl2FN2/c15-11-3-1-2-4-13(11)19-14(8-18)10-6-5-9(17)7-12(10)16/h1-7,14,19H,8,18H2. The molecule has 0 bridgehead atoms. The van der Waals surface area contributed by atoms with Gasteiger partial charge in [0.05, 0.1) is 16.8 Å². The molecule has 0 amide bonds. The lowest BCUT2D eigenvalue weighted by Crippen LogP contribution is -2.21. The van der Waals surface area contributed by atoms with Crippen LogP contribution in [0, 0.1) is 5.82 Å². The normalized spacial score (nSPS) is 12.2. The number of hydrogen-bond acceptors (Lipinski definition) is 2. The minimum Gasteiger partial charge on any atom is -0.376 e. The SMILES string of the molecule is NCC(Nc1ccccc1Cl)c1ccc(F)cc1Cl. The van der Waals surface area contributed by atoms with Crippen LogP contribution >= 0.6 is 23.2 Å². The van der Waals surface area contributed by atoms with E-state index in [4.69, 9.17) is 28.9 Å². The lowest BCUT2D eigenvalue weighted by molar-refractivity contribution is 0.626. The summed E-state index contributed by atoms with van der Waals surface area (Å²) in [7, 11) is 0. The zero-order valence-electron chi connectivity index (χ0n) is 10.0. The number of para-hydroxylation sites is 1. The van der Waals surface area contributed by atoms with Gasteiger partial charge in [0.1, 0.15) is 5.82 Å². The van der Waals surface area contributed by atoms with Gasteiger partial charge in [-0.05, 0) is 29.8 Å². The lowest BCUT2D eigenvalue weighted by Gasteiger charge is -2.20. The Morgan fingerprint density at radius 3 is 2.47 bits per heavy atom. The molecule has 0 heterocycles.